The molecule has 0 aliphatic carbocycles. The van der Waals surface area contributed by atoms with Gasteiger partial charge >= 0.3 is 0 Å². The molecule has 104 valence electrons. The van der Waals surface area contributed by atoms with Crippen LogP contribution in [0.25, 0.3) is 0 Å². The van der Waals surface area contributed by atoms with Gasteiger partial charge in [-0.05, 0) is 30.2 Å². The number of nitrogens with zero attached hydrogens (tertiary/aromatic N) is 2. The largest absolute Gasteiger partial charge is 0.370 e. The summed E-state index contributed by atoms with van der Waals surface area (Å²) in [6.45, 7) is 3.42. The van der Waals surface area contributed by atoms with E-state index in [0.717, 1.165) is 18.7 Å². The highest BCUT2D eigenvalue weighted by Crippen LogP contribution is 2.07. The molecule has 0 unspecified atom stereocenters. The minimum absolute atomic E-state index is 0.476. The average molecular weight is 268 g/mol. The molecule has 0 aliphatic rings. The Morgan fingerprint density at radius 2 is 2.00 bits per heavy atom. The predicted molar refractivity (Wildman–Crippen MR) is 82.4 cm³/mol. The second kappa shape index (κ2) is 7.28. The number of hydrogen-bond donors (Lipinski definition) is 2. The van der Waals surface area contributed by atoms with Crippen molar-refractivity contribution >= 4 is 5.96 Å². The van der Waals surface area contributed by atoms with Crippen molar-refractivity contribution in [3.8, 4) is 0 Å². The van der Waals surface area contributed by atoms with Gasteiger partial charge in [0.05, 0.1) is 6.54 Å². The van der Waals surface area contributed by atoms with Gasteiger partial charge in [-0.2, -0.15) is 0 Å². The molecule has 0 saturated carbocycles. The zero-order valence-corrected chi connectivity index (χ0v) is 11.7. The molecule has 20 heavy (non-hydrogen) atoms. The molecule has 3 N–H and O–H groups in total. The van der Waals surface area contributed by atoms with Crippen LogP contribution in [0.1, 0.15) is 16.8 Å². The van der Waals surface area contributed by atoms with Gasteiger partial charge in [0.15, 0.2) is 5.96 Å². The number of rotatable bonds is 5. The van der Waals surface area contributed by atoms with Gasteiger partial charge in [0, 0.05) is 24.9 Å². The fraction of sp³-hybridized carbons (Fsp3) is 0.250. The van der Waals surface area contributed by atoms with Crippen LogP contribution in [0, 0.1) is 6.92 Å². The van der Waals surface area contributed by atoms with E-state index in [-0.39, 0.29) is 0 Å². The predicted octanol–water partition coefficient (Wildman–Crippen LogP) is 2.04. The molecule has 2 rings (SSSR count). The molecule has 0 atom stereocenters. The first-order chi connectivity index (χ1) is 9.75. The molecule has 0 bridgehead atoms. The molecule has 0 spiro atoms. The van der Waals surface area contributed by atoms with Crippen LogP contribution in [0.4, 0.5) is 0 Å². The van der Waals surface area contributed by atoms with Crippen LogP contribution in [-0.2, 0) is 13.0 Å². The van der Waals surface area contributed by atoms with Gasteiger partial charge in [-0.1, -0.05) is 30.3 Å². The summed E-state index contributed by atoms with van der Waals surface area (Å²) in [5.74, 6) is 0.476. The zero-order valence-electron chi connectivity index (χ0n) is 11.7. The standard InChI is InChI=1S/C16H20N4/c1-13-6-2-3-7-14(13)12-20-16(17)19-11-9-15-8-4-5-10-18-15/h2-8,10H,9,11-12H2,1H3,(H3,17,19,20). The number of aromatic nitrogens is 1. The highest BCUT2D eigenvalue weighted by Gasteiger charge is 1.97. The summed E-state index contributed by atoms with van der Waals surface area (Å²) in [5, 5.41) is 3.11. The van der Waals surface area contributed by atoms with Gasteiger partial charge in [-0.25, -0.2) is 4.99 Å². The topological polar surface area (TPSA) is 63.3 Å². The number of benzene rings is 1. The summed E-state index contributed by atoms with van der Waals surface area (Å²) in [5.41, 5.74) is 9.33. The Morgan fingerprint density at radius 3 is 2.75 bits per heavy atom. The smallest absolute Gasteiger partial charge is 0.188 e. The molecule has 2 aromatic rings. The van der Waals surface area contributed by atoms with Crippen molar-refractivity contribution in [1.82, 2.24) is 10.3 Å². The van der Waals surface area contributed by atoms with E-state index in [0.29, 0.717) is 12.5 Å². The van der Waals surface area contributed by atoms with E-state index in [1.807, 2.05) is 30.3 Å². The third-order valence-corrected chi connectivity index (χ3v) is 3.09. The molecule has 1 aromatic heterocycles. The molecular weight excluding hydrogens is 248 g/mol. The first-order valence-electron chi connectivity index (χ1n) is 6.74. The van der Waals surface area contributed by atoms with Crippen molar-refractivity contribution in [3.63, 3.8) is 0 Å². The Bertz CT molecular complexity index is 564. The Morgan fingerprint density at radius 1 is 1.20 bits per heavy atom. The maximum absolute atomic E-state index is 5.85. The molecule has 0 amide bonds. The minimum atomic E-state index is 0.476. The van der Waals surface area contributed by atoms with Crippen molar-refractivity contribution in [1.29, 1.82) is 0 Å². The Kier molecular flexibility index (Phi) is 5.12. The number of nitrogens with one attached hydrogen (secondary N) is 1. The van der Waals surface area contributed by atoms with E-state index < -0.39 is 0 Å². The maximum Gasteiger partial charge on any atom is 0.188 e. The lowest BCUT2D eigenvalue weighted by Gasteiger charge is -2.06. The monoisotopic (exact) mass is 268 g/mol. The van der Waals surface area contributed by atoms with E-state index in [1.54, 1.807) is 6.20 Å². The molecule has 0 aliphatic heterocycles. The molecule has 4 nitrogen and oxygen atoms in total. The quantitative estimate of drug-likeness (QED) is 0.644. The highest BCUT2D eigenvalue weighted by molar-refractivity contribution is 5.77. The summed E-state index contributed by atoms with van der Waals surface area (Å²) in [6, 6.07) is 14.1. The maximum atomic E-state index is 5.85. The first kappa shape index (κ1) is 14.1. The lowest BCUT2D eigenvalue weighted by Crippen LogP contribution is -2.33. The van der Waals surface area contributed by atoms with Crippen molar-refractivity contribution < 1.29 is 0 Å². The van der Waals surface area contributed by atoms with Crippen LogP contribution in [-0.4, -0.2) is 17.5 Å². The van der Waals surface area contributed by atoms with E-state index in [4.69, 9.17) is 5.73 Å². The van der Waals surface area contributed by atoms with Gasteiger partial charge in [-0.3, -0.25) is 4.98 Å². The highest BCUT2D eigenvalue weighted by atomic mass is 15.1. The summed E-state index contributed by atoms with van der Waals surface area (Å²) in [6.07, 6.45) is 2.63. The van der Waals surface area contributed by atoms with Crippen LogP contribution in [0.3, 0.4) is 0 Å². The number of aliphatic imine (C=N–C) groups is 1. The Hall–Kier alpha value is -2.36. The molecule has 0 saturated heterocycles. The third-order valence-electron chi connectivity index (χ3n) is 3.09. The lowest BCUT2D eigenvalue weighted by atomic mass is 10.1. The summed E-state index contributed by atoms with van der Waals surface area (Å²) < 4.78 is 0. The lowest BCUT2D eigenvalue weighted by molar-refractivity contribution is 0.827. The van der Waals surface area contributed by atoms with Gasteiger partial charge < -0.3 is 11.1 Å². The van der Waals surface area contributed by atoms with E-state index in [1.165, 1.54) is 11.1 Å². The van der Waals surface area contributed by atoms with Crippen molar-refractivity contribution in [3.05, 3.63) is 65.5 Å². The molecule has 4 heteroatoms. The fourth-order valence-corrected chi connectivity index (χ4v) is 1.88. The first-order valence-corrected chi connectivity index (χ1v) is 6.74. The van der Waals surface area contributed by atoms with Gasteiger partial charge in [-0.15, -0.1) is 0 Å². The van der Waals surface area contributed by atoms with E-state index in [2.05, 4.69) is 34.3 Å². The molecule has 0 radical (unpaired) electrons. The van der Waals surface area contributed by atoms with Crippen molar-refractivity contribution in [2.75, 3.05) is 6.54 Å². The second-order valence-electron chi connectivity index (χ2n) is 4.63. The molecular formula is C16H20N4. The third kappa shape index (κ3) is 4.39. The molecule has 1 heterocycles. The Balaban J connectivity index is 1.79. The average Bonchev–Trinajstić information content (AvgIpc) is 2.47. The van der Waals surface area contributed by atoms with Gasteiger partial charge in [0.25, 0.3) is 0 Å². The summed E-state index contributed by atoms with van der Waals surface area (Å²) >= 11 is 0. The molecule has 1 aromatic carbocycles. The second-order valence-corrected chi connectivity index (χ2v) is 4.63. The number of pyridine rings is 1. The van der Waals surface area contributed by atoms with Crippen molar-refractivity contribution in [2.45, 2.75) is 19.9 Å². The zero-order chi connectivity index (χ0) is 14.2. The minimum Gasteiger partial charge on any atom is -0.370 e. The number of hydrogen-bond acceptors (Lipinski definition) is 2. The summed E-state index contributed by atoms with van der Waals surface area (Å²) in [7, 11) is 0. The van der Waals surface area contributed by atoms with Crippen LogP contribution < -0.4 is 11.1 Å². The number of nitrogens with two attached hydrogens (primary N) is 1. The van der Waals surface area contributed by atoms with Crippen LogP contribution >= 0.6 is 0 Å². The Labute approximate surface area is 119 Å². The van der Waals surface area contributed by atoms with Crippen molar-refractivity contribution in [2.24, 2.45) is 10.7 Å². The fourth-order valence-electron chi connectivity index (χ4n) is 1.88. The van der Waals surface area contributed by atoms with E-state index in [9.17, 15) is 0 Å². The number of aryl methyl sites for hydroxylation is 1. The van der Waals surface area contributed by atoms with Gasteiger partial charge in [0.1, 0.15) is 0 Å². The van der Waals surface area contributed by atoms with Crippen LogP contribution in [0.15, 0.2) is 53.7 Å². The normalized spacial score (nSPS) is 11.3. The SMILES string of the molecule is Cc1ccccc1CN=C(N)NCCc1ccccn1. The molecule has 0 fully saturated rings. The van der Waals surface area contributed by atoms with E-state index >= 15 is 0 Å². The van der Waals surface area contributed by atoms with Crippen LogP contribution in [0.5, 0.6) is 0 Å². The van der Waals surface area contributed by atoms with Crippen LogP contribution in [0.2, 0.25) is 0 Å². The number of guanidine groups is 1. The van der Waals surface area contributed by atoms with Gasteiger partial charge in [0.2, 0.25) is 0 Å². The summed E-state index contributed by atoms with van der Waals surface area (Å²) in [4.78, 5) is 8.61.